The summed E-state index contributed by atoms with van der Waals surface area (Å²) in [5.74, 6) is 1.11. The van der Waals surface area contributed by atoms with E-state index in [-0.39, 0.29) is 0 Å². The fourth-order valence-corrected chi connectivity index (χ4v) is 1.95. The average molecular weight is 205 g/mol. The number of pyridine rings is 1. The predicted octanol–water partition coefficient (Wildman–Crippen LogP) is 1.58. The van der Waals surface area contributed by atoms with Crippen LogP contribution in [0.4, 0.5) is 5.82 Å². The molecule has 82 valence electrons. The van der Waals surface area contributed by atoms with Crippen LogP contribution in [-0.2, 0) is 0 Å². The van der Waals surface area contributed by atoms with Gasteiger partial charge in [0.25, 0.3) is 0 Å². The van der Waals surface area contributed by atoms with Crippen molar-refractivity contribution in [1.29, 1.82) is 0 Å². The standard InChI is InChI=1S/C12H19N3/c1-3-11-9-15(7-6-13-11)12-5-4-10(2)8-14-12/h4-5,8,11,13H,3,6-7,9H2,1-2H3. The van der Waals surface area contributed by atoms with Crippen molar-refractivity contribution in [3.63, 3.8) is 0 Å². The number of rotatable bonds is 2. The average Bonchev–Trinajstić information content (AvgIpc) is 2.30. The van der Waals surface area contributed by atoms with Crippen LogP contribution >= 0.6 is 0 Å². The number of aromatic nitrogens is 1. The minimum absolute atomic E-state index is 0.613. The normalized spacial score (nSPS) is 21.7. The molecule has 1 fully saturated rings. The van der Waals surface area contributed by atoms with Gasteiger partial charge in [0, 0.05) is 31.9 Å². The number of aryl methyl sites for hydroxylation is 1. The lowest BCUT2D eigenvalue weighted by Crippen LogP contribution is -2.50. The molecule has 0 bridgehead atoms. The molecule has 1 aliphatic rings. The first-order chi connectivity index (χ1) is 7.29. The molecule has 1 aromatic heterocycles. The lowest BCUT2D eigenvalue weighted by molar-refractivity contribution is 0.445. The zero-order valence-electron chi connectivity index (χ0n) is 9.53. The molecule has 1 N–H and O–H groups in total. The summed E-state index contributed by atoms with van der Waals surface area (Å²) in [5, 5.41) is 3.51. The first-order valence-corrected chi connectivity index (χ1v) is 5.70. The Morgan fingerprint density at radius 1 is 1.53 bits per heavy atom. The highest BCUT2D eigenvalue weighted by molar-refractivity contribution is 5.40. The summed E-state index contributed by atoms with van der Waals surface area (Å²) in [5.41, 5.74) is 1.22. The minimum Gasteiger partial charge on any atom is -0.354 e. The molecule has 3 nitrogen and oxygen atoms in total. The molecule has 15 heavy (non-hydrogen) atoms. The van der Waals surface area contributed by atoms with Crippen molar-refractivity contribution < 1.29 is 0 Å². The van der Waals surface area contributed by atoms with E-state index in [0.29, 0.717) is 6.04 Å². The van der Waals surface area contributed by atoms with Gasteiger partial charge in [0.2, 0.25) is 0 Å². The van der Waals surface area contributed by atoms with Gasteiger partial charge in [-0.3, -0.25) is 0 Å². The molecule has 0 saturated carbocycles. The number of hydrogen-bond acceptors (Lipinski definition) is 3. The lowest BCUT2D eigenvalue weighted by atomic mass is 10.1. The molecule has 1 saturated heterocycles. The van der Waals surface area contributed by atoms with Gasteiger partial charge in [-0.25, -0.2) is 4.98 Å². The van der Waals surface area contributed by atoms with Crippen LogP contribution in [-0.4, -0.2) is 30.7 Å². The molecular formula is C12H19N3. The monoisotopic (exact) mass is 205 g/mol. The van der Waals surface area contributed by atoms with E-state index in [1.807, 2.05) is 6.20 Å². The summed E-state index contributed by atoms with van der Waals surface area (Å²) >= 11 is 0. The fraction of sp³-hybridized carbons (Fsp3) is 0.583. The van der Waals surface area contributed by atoms with Gasteiger partial charge in [-0.15, -0.1) is 0 Å². The second kappa shape index (κ2) is 4.62. The summed E-state index contributed by atoms with van der Waals surface area (Å²) in [6.45, 7) is 7.50. The number of nitrogens with one attached hydrogen (secondary N) is 1. The molecule has 1 unspecified atom stereocenters. The summed E-state index contributed by atoms with van der Waals surface area (Å²) in [4.78, 5) is 6.83. The van der Waals surface area contributed by atoms with E-state index < -0.39 is 0 Å². The van der Waals surface area contributed by atoms with E-state index in [2.05, 4.69) is 41.2 Å². The molecule has 2 rings (SSSR count). The van der Waals surface area contributed by atoms with E-state index in [0.717, 1.165) is 25.5 Å². The molecule has 0 aromatic carbocycles. The van der Waals surface area contributed by atoms with Crippen LogP contribution in [0, 0.1) is 6.92 Å². The molecule has 0 amide bonds. The first-order valence-electron chi connectivity index (χ1n) is 5.70. The molecule has 1 aromatic rings. The van der Waals surface area contributed by atoms with Crippen LogP contribution in [0.3, 0.4) is 0 Å². The van der Waals surface area contributed by atoms with Crippen LogP contribution in [0.5, 0.6) is 0 Å². The zero-order chi connectivity index (χ0) is 10.7. The maximum Gasteiger partial charge on any atom is 0.128 e. The molecule has 1 atom stereocenters. The molecule has 0 radical (unpaired) electrons. The highest BCUT2D eigenvalue weighted by atomic mass is 15.2. The summed E-state index contributed by atoms with van der Waals surface area (Å²) in [6.07, 6.45) is 3.13. The Kier molecular flexibility index (Phi) is 3.21. The van der Waals surface area contributed by atoms with Gasteiger partial charge < -0.3 is 10.2 Å². The summed E-state index contributed by atoms with van der Waals surface area (Å²) in [7, 11) is 0. The molecule has 1 aliphatic heterocycles. The third kappa shape index (κ3) is 2.48. The first kappa shape index (κ1) is 10.4. The molecule has 0 spiro atoms. The van der Waals surface area contributed by atoms with Crippen molar-refractivity contribution >= 4 is 5.82 Å². The van der Waals surface area contributed by atoms with Crippen LogP contribution in [0.15, 0.2) is 18.3 Å². The fourth-order valence-electron chi connectivity index (χ4n) is 1.95. The predicted molar refractivity (Wildman–Crippen MR) is 63.3 cm³/mol. The van der Waals surface area contributed by atoms with Gasteiger partial charge in [-0.1, -0.05) is 13.0 Å². The maximum atomic E-state index is 4.47. The Hall–Kier alpha value is -1.09. The van der Waals surface area contributed by atoms with Gasteiger partial charge in [0.1, 0.15) is 5.82 Å². The topological polar surface area (TPSA) is 28.2 Å². The highest BCUT2D eigenvalue weighted by Gasteiger charge is 2.18. The van der Waals surface area contributed by atoms with Crippen molar-refractivity contribution in [2.75, 3.05) is 24.5 Å². The van der Waals surface area contributed by atoms with Crippen molar-refractivity contribution in [1.82, 2.24) is 10.3 Å². The van der Waals surface area contributed by atoms with Crippen LogP contribution in [0.2, 0.25) is 0 Å². The summed E-state index contributed by atoms with van der Waals surface area (Å²) in [6, 6.07) is 4.86. The zero-order valence-corrected chi connectivity index (χ0v) is 9.53. The van der Waals surface area contributed by atoms with E-state index in [4.69, 9.17) is 0 Å². The SMILES string of the molecule is CCC1CN(c2ccc(C)cn2)CCN1. The smallest absolute Gasteiger partial charge is 0.128 e. The molecule has 3 heteroatoms. The van der Waals surface area contributed by atoms with Crippen LogP contribution in [0.25, 0.3) is 0 Å². The van der Waals surface area contributed by atoms with Gasteiger partial charge in [-0.2, -0.15) is 0 Å². The third-order valence-electron chi connectivity index (χ3n) is 2.97. The maximum absolute atomic E-state index is 4.47. The Bertz CT molecular complexity index is 307. The number of nitrogens with zero attached hydrogens (tertiary/aromatic N) is 2. The summed E-state index contributed by atoms with van der Waals surface area (Å²) < 4.78 is 0. The van der Waals surface area contributed by atoms with Crippen molar-refractivity contribution in [2.45, 2.75) is 26.3 Å². The molecule has 2 heterocycles. The Labute approximate surface area is 91.5 Å². The quantitative estimate of drug-likeness (QED) is 0.794. The third-order valence-corrected chi connectivity index (χ3v) is 2.97. The van der Waals surface area contributed by atoms with Crippen LogP contribution < -0.4 is 10.2 Å². The van der Waals surface area contributed by atoms with E-state index in [1.165, 1.54) is 12.0 Å². The minimum atomic E-state index is 0.613. The number of piperazine rings is 1. The van der Waals surface area contributed by atoms with Crippen molar-refractivity contribution in [2.24, 2.45) is 0 Å². The van der Waals surface area contributed by atoms with Gasteiger partial charge in [-0.05, 0) is 25.0 Å². The number of anilines is 1. The van der Waals surface area contributed by atoms with Crippen molar-refractivity contribution in [3.8, 4) is 0 Å². The number of hydrogen-bond donors (Lipinski definition) is 1. The van der Waals surface area contributed by atoms with Crippen LogP contribution in [0.1, 0.15) is 18.9 Å². The Morgan fingerprint density at radius 3 is 3.07 bits per heavy atom. The molecule has 0 aliphatic carbocycles. The van der Waals surface area contributed by atoms with E-state index in [1.54, 1.807) is 0 Å². The Morgan fingerprint density at radius 2 is 2.40 bits per heavy atom. The van der Waals surface area contributed by atoms with Crippen molar-refractivity contribution in [3.05, 3.63) is 23.9 Å². The van der Waals surface area contributed by atoms with Gasteiger partial charge >= 0.3 is 0 Å². The lowest BCUT2D eigenvalue weighted by Gasteiger charge is -2.34. The van der Waals surface area contributed by atoms with E-state index in [9.17, 15) is 0 Å². The highest BCUT2D eigenvalue weighted by Crippen LogP contribution is 2.13. The molecular weight excluding hydrogens is 186 g/mol. The van der Waals surface area contributed by atoms with Gasteiger partial charge in [0.15, 0.2) is 0 Å². The second-order valence-corrected chi connectivity index (χ2v) is 4.20. The second-order valence-electron chi connectivity index (χ2n) is 4.20. The Balaban J connectivity index is 2.06. The largest absolute Gasteiger partial charge is 0.354 e. The van der Waals surface area contributed by atoms with Gasteiger partial charge in [0.05, 0.1) is 0 Å². The van der Waals surface area contributed by atoms with E-state index >= 15 is 0 Å².